The van der Waals surface area contributed by atoms with Gasteiger partial charge in [0.15, 0.2) is 0 Å². The predicted octanol–water partition coefficient (Wildman–Crippen LogP) is 12.7. The molecule has 7 aromatic carbocycles. The van der Waals surface area contributed by atoms with Crippen molar-refractivity contribution >= 4 is 39.3 Å². The van der Waals surface area contributed by atoms with Crippen molar-refractivity contribution in [3.63, 3.8) is 0 Å². The Morgan fingerprint density at radius 3 is 1.28 bits per heavy atom. The van der Waals surface area contributed by atoms with Crippen LogP contribution in [0.5, 0.6) is 0 Å². The van der Waals surface area contributed by atoms with Gasteiger partial charge in [-0.15, -0.1) is 0 Å². The topological polar surface area (TPSA) is 68.1 Å². The van der Waals surface area contributed by atoms with E-state index in [0.717, 1.165) is 77.4 Å². The van der Waals surface area contributed by atoms with E-state index in [-0.39, 0.29) is 11.8 Å². The Kier molecular flexibility index (Phi) is 8.34. The second kappa shape index (κ2) is 14.3. The number of anilines is 1. The van der Waals surface area contributed by atoms with Crippen molar-refractivity contribution < 1.29 is 9.59 Å². The van der Waals surface area contributed by atoms with E-state index in [0.29, 0.717) is 22.5 Å². The monoisotopic (exact) mass is 770 g/mol. The number of hydrogen-bond acceptors (Lipinski definition) is 4. The molecule has 0 N–H and O–H groups in total. The summed E-state index contributed by atoms with van der Waals surface area (Å²) in [5, 5.41) is 2.07. The van der Waals surface area contributed by atoms with Gasteiger partial charge in [-0.1, -0.05) is 121 Å². The van der Waals surface area contributed by atoms with Gasteiger partial charge >= 0.3 is 0 Å². The van der Waals surface area contributed by atoms with E-state index in [9.17, 15) is 0 Å². The van der Waals surface area contributed by atoms with Gasteiger partial charge in [0.05, 0.1) is 33.5 Å². The van der Waals surface area contributed by atoms with E-state index in [4.69, 9.17) is 0 Å². The number of carbonyl (C=O) groups excluding carboxylic acids is 2. The Hall–Kier alpha value is -8.22. The SMILES string of the molecule is O=C1c2cccc(-n3c4cccc(-c5ccncc5)c4c4c(-c5ccncc5)cccc43)c2C(=O)N1c1c(-c2ccccc2)cc(-c2ccccc2)cc1-c1ccccc1. The molecule has 3 aromatic heterocycles. The van der Waals surface area contributed by atoms with E-state index in [1.807, 2.05) is 115 Å². The summed E-state index contributed by atoms with van der Waals surface area (Å²) < 4.78 is 2.16. The highest BCUT2D eigenvalue weighted by molar-refractivity contribution is 6.37. The Morgan fingerprint density at radius 2 is 0.783 bits per heavy atom. The smallest absolute Gasteiger partial charge is 0.268 e. The first-order valence-corrected chi connectivity index (χ1v) is 19.9. The van der Waals surface area contributed by atoms with Crippen LogP contribution >= 0.6 is 0 Å². The van der Waals surface area contributed by atoms with Gasteiger partial charge in [-0.3, -0.25) is 19.6 Å². The van der Waals surface area contributed by atoms with Crippen molar-refractivity contribution in [3.8, 4) is 61.3 Å². The average Bonchev–Trinajstić information content (AvgIpc) is 3.80. The van der Waals surface area contributed by atoms with E-state index in [1.54, 1.807) is 30.9 Å². The molecule has 4 heterocycles. The van der Waals surface area contributed by atoms with Crippen LogP contribution < -0.4 is 4.90 Å². The molecule has 1 aliphatic rings. The minimum atomic E-state index is -0.377. The molecule has 0 saturated heterocycles. The molecule has 10 aromatic rings. The number of fused-ring (bicyclic) bond motifs is 4. The third kappa shape index (κ3) is 5.57. The largest absolute Gasteiger partial charge is 0.308 e. The van der Waals surface area contributed by atoms with E-state index < -0.39 is 0 Å². The van der Waals surface area contributed by atoms with Gasteiger partial charge in [0, 0.05) is 46.7 Å². The normalized spacial score (nSPS) is 12.4. The molecular weight excluding hydrogens is 737 g/mol. The molecule has 60 heavy (non-hydrogen) atoms. The molecule has 0 aliphatic carbocycles. The summed E-state index contributed by atoms with van der Waals surface area (Å²) in [7, 11) is 0. The number of amides is 2. The second-order valence-electron chi connectivity index (χ2n) is 14.9. The van der Waals surface area contributed by atoms with Gasteiger partial charge in [-0.2, -0.15) is 0 Å². The number of benzene rings is 7. The van der Waals surface area contributed by atoms with E-state index in [2.05, 4.69) is 75.2 Å². The molecule has 1 aliphatic heterocycles. The number of rotatable bonds is 7. The van der Waals surface area contributed by atoms with Crippen molar-refractivity contribution in [2.45, 2.75) is 0 Å². The van der Waals surface area contributed by atoms with Gasteiger partial charge in [0.1, 0.15) is 0 Å². The zero-order valence-electron chi connectivity index (χ0n) is 32.2. The Labute approximate surface area is 346 Å². The molecule has 0 saturated carbocycles. The standard InChI is InChI=1S/C54H34N4O2/c59-53-43-21-12-24-48(57-46-22-10-19-41(38-25-29-55-30-26-38)49(46)50-42(20-11-23-47(50)57)39-27-31-56-32-28-39)51(43)54(60)58(53)52-44(36-15-6-2-7-16-36)33-40(35-13-4-1-5-14-35)34-45(52)37-17-8-3-9-18-37/h1-34H. The highest BCUT2D eigenvalue weighted by atomic mass is 16.2. The Balaban J connectivity index is 1.18. The molecular formula is C54H34N4O2. The lowest BCUT2D eigenvalue weighted by molar-refractivity contribution is 0.0926. The molecule has 0 bridgehead atoms. The van der Waals surface area contributed by atoms with Gasteiger partial charge in [-0.05, 0) is 105 Å². The number of aromatic nitrogens is 3. The van der Waals surface area contributed by atoms with Crippen LogP contribution in [-0.2, 0) is 0 Å². The van der Waals surface area contributed by atoms with Crippen molar-refractivity contribution in [1.82, 2.24) is 14.5 Å². The van der Waals surface area contributed by atoms with Crippen molar-refractivity contribution in [2.24, 2.45) is 0 Å². The summed E-state index contributed by atoms with van der Waals surface area (Å²) in [6.45, 7) is 0. The zero-order chi connectivity index (χ0) is 40.2. The fourth-order valence-corrected chi connectivity index (χ4v) is 8.92. The first-order chi connectivity index (χ1) is 29.7. The van der Waals surface area contributed by atoms with Crippen LogP contribution in [0.25, 0.3) is 83.1 Å². The third-order valence-electron chi connectivity index (χ3n) is 11.5. The summed E-state index contributed by atoms with van der Waals surface area (Å²) in [6.07, 6.45) is 7.22. The number of imide groups is 1. The molecule has 11 rings (SSSR count). The number of hydrogen-bond donors (Lipinski definition) is 0. The van der Waals surface area contributed by atoms with Crippen molar-refractivity contribution in [2.75, 3.05) is 4.90 Å². The van der Waals surface area contributed by atoms with Gasteiger partial charge < -0.3 is 4.57 Å². The molecule has 0 atom stereocenters. The highest BCUT2D eigenvalue weighted by Crippen LogP contribution is 2.48. The maximum Gasteiger partial charge on any atom is 0.268 e. The molecule has 6 heteroatoms. The minimum absolute atomic E-state index is 0.355. The summed E-state index contributed by atoms with van der Waals surface area (Å²) >= 11 is 0. The highest BCUT2D eigenvalue weighted by Gasteiger charge is 2.42. The maximum absolute atomic E-state index is 15.6. The van der Waals surface area contributed by atoms with E-state index >= 15 is 9.59 Å². The van der Waals surface area contributed by atoms with Crippen LogP contribution in [-0.4, -0.2) is 26.3 Å². The number of nitrogens with zero attached hydrogens (tertiary/aromatic N) is 4. The third-order valence-corrected chi connectivity index (χ3v) is 11.5. The first-order valence-electron chi connectivity index (χ1n) is 19.9. The molecule has 282 valence electrons. The molecule has 6 nitrogen and oxygen atoms in total. The van der Waals surface area contributed by atoms with Crippen LogP contribution in [0.3, 0.4) is 0 Å². The average molecular weight is 771 g/mol. The van der Waals surface area contributed by atoms with E-state index in [1.165, 1.54) is 4.90 Å². The van der Waals surface area contributed by atoms with Gasteiger partial charge in [-0.25, -0.2) is 4.90 Å². The van der Waals surface area contributed by atoms with Crippen LogP contribution in [0.2, 0.25) is 0 Å². The fourth-order valence-electron chi connectivity index (χ4n) is 8.92. The molecule has 0 radical (unpaired) electrons. The predicted molar refractivity (Wildman–Crippen MR) is 241 cm³/mol. The quantitative estimate of drug-likeness (QED) is 0.151. The van der Waals surface area contributed by atoms with Crippen LogP contribution in [0.4, 0.5) is 5.69 Å². The Bertz CT molecular complexity index is 3120. The second-order valence-corrected chi connectivity index (χ2v) is 14.9. The van der Waals surface area contributed by atoms with Gasteiger partial charge in [0.25, 0.3) is 11.8 Å². The summed E-state index contributed by atoms with van der Waals surface area (Å²) in [4.78, 5) is 40.7. The number of pyridine rings is 2. The fraction of sp³-hybridized carbons (Fsp3) is 0. The molecule has 0 unspecified atom stereocenters. The molecule has 2 amide bonds. The lowest BCUT2D eigenvalue weighted by atomic mass is 9.90. The molecule has 0 fully saturated rings. The maximum atomic E-state index is 15.6. The Morgan fingerprint density at radius 1 is 0.350 bits per heavy atom. The van der Waals surface area contributed by atoms with Crippen LogP contribution in [0.1, 0.15) is 20.7 Å². The van der Waals surface area contributed by atoms with Crippen LogP contribution in [0.15, 0.2) is 207 Å². The minimum Gasteiger partial charge on any atom is -0.308 e. The van der Waals surface area contributed by atoms with Gasteiger partial charge in [0.2, 0.25) is 0 Å². The lowest BCUT2D eigenvalue weighted by Crippen LogP contribution is -2.30. The summed E-state index contributed by atoms with van der Waals surface area (Å²) in [5.41, 5.74) is 13.2. The van der Waals surface area contributed by atoms with Crippen molar-refractivity contribution in [3.05, 3.63) is 218 Å². The number of carbonyl (C=O) groups is 2. The lowest BCUT2D eigenvalue weighted by Gasteiger charge is -2.24. The molecule has 0 spiro atoms. The summed E-state index contributed by atoms with van der Waals surface area (Å²) in [6, 6.07) is 60.7. The first kappa shape index (κ1) is 35.0. The van der Waals surface area contributed by atoms with Crippen LogP contribution in [0, 0.1) is 0 Å². The van der Waals surface area contributed by atoms with Crippen molar-refractivity contribution in [1.29, 1.82) is 0 Å². The summed E-state index contributed by atoms with van der Waals surface area (Å²) in [5.74, 6) is -0.743. The zero-order valence-corrected chi connectivity index (χ0v) is 32.2.